The highest BCUT2D eigenvalue weighted by Crippen LogP contribution is 2.41. The lowest BCUT2D eigenvalue weighted by Crippen LogP contribution is -2.41. The number of nitrogens with one attached hydrogen (secondary N) is 2. The van der Waals surface area contributed by atoms with Gasteiger partial charge in [-0.15, -0.1) is 0 Å². The van der Waals surface area contributed by atoms with Gasteiger partial charge in [0.25, 0.3) is 0 Å². The Hall–Kier alpha value is -6.98. The van der Waals surface area contributed by atoms with Crippen molar-refractivity contribution < 1.29 is 36.5 Å². The summed E-state index contributed by atoms with van der Waals surface area (Å²) in [7, 11) is -0.708. The van der Waals surface area contributed by atoms with E-state index in [-0.39, 0.29) is 46.8 Å². The van der Waals surface area contributed by atoms with Crippen LogP contribution >= 0.6 is 15.9 Å². The number of nitriles is 2. The Kier molecular flexibility index (Phi) is 23.3. The van der Waals surface area contributed by atoms with E-state index in [1.165, 1.54) is 73.7 Å². The third kappa shape index (κ3) is 17.8. The number of halogens is 5. The fraction of sp³-hybridized carbons (Fsp3) is 0.429. The largest absolute Gasteiger partial charge is 0.496 e. The monoisotopic (exact) mass is 1240 g/mol. The number of hydrogen-bond acceptors (Lipinski definition) is 8. The topological polar surface area (TPSA) is 131 Å². The lowest BCUT2D eigenvalue weighted by atomic mass is 9.76. The molecule has 1 saturated heterocycles. The highest BCUT2D eigenvalue weighted by molar-refractivity contribution is 9.10. The number of hydrogen-bond donors (Lipinski definition) is 2. The van der Waals surface area contributed by atoms with Gasteiger partial charge >= 0.3 is 7.12 Å². The summed E-state index contributed by atoms with van der Waals surface area (Å²) < 4.78 is 69.8. The van der Waals surface area contributed by atoms with E-state index in [2.05, 4.69) is 64.1 Å². The third-order valence-corrected chi connectivity index (χ3v) is 17.1. The first kappa shape index (κ1) is 66.5. The number of benzene rings is 6. The molecule has 454 valence electrons. The van der Waals surface area contributed by atoms with Crippen LogP contribution in [-0.4, -0.2) is 55.3 Å². The second-order valence-electron chi connectivity index (χ2n) is 25.0. The highest BCUT2D eigenvalue weighted by atomic mass is 79.9. The molecular formula is C70H82BBrF4N6O4. The first-order valence-electron chi connectivity index (χ1n) is 30.2. The SMILES string of the molecule is CC1(C)OB(c2cc(F)ccc2C#N)OC1(C)C.Cc1ccc(CC(=O)Nc2cc(-c3cc(F)ccc3C#N)c(F)cc2N(CC(C)C)C2CCCCC2)cc1.Cc1ccc(CC(=O)Nc2cc(Br)c(F)cc2N(CC(C)C)C2CCCCC2)cc1. The minimum absolute atomic E-state index is 0.0866. The smallest absolute Gasteiger partial charge is 0.399 e. The summed E-state index contributed by atoms with van der Waals surface area (Å²) in [6.07, 6.45) is 11.8. The summed E-state index contributed by atoms with van der Waals surface area (Å²) >= 11 is 3.30. The Morgan fingerprint density at radius 1 is 0.581 bits per heavy atom. The molecule has 0 atom stereocenters. The molecule has 6 aromatic carbocycles. The molecule has 2 aliphatic carbocycles. The van der Waals surface area contributed by atoms with Crippen molar-refractivity contribution in [3.63, 3.8) is 0 Å². The van der Waals surface area contributed by atoms with Crippen molar-refractivity contribution in [2.24, 2.45) is 11.8 Å². The summed E-state index contributed by atoms with van der Waals surface area (Å²) in [6.45, 7) is 21.9. The molecule has 9 rings (SSSR count). The van der Waals surface area contributed by atoms with E-state index in [1.54, 1.807) is 18.2 Å². The second kappa shape index (κ2) is 30.1. The number of carbonyl (C=O) groups is 2. The number of anilines is 4. The molecule has 10 nitrogen and oxygen atoms in total. The maximum atomic E-state index is 15.8. The van der Waals surface area contributed by atoms with Gasteiger partial charge in [-0.05, 0) is 161 Å². The summed E-state index contributed by atoms with van der Waals surface area (Å²) in [4.78, 5) is 30.6. The first-order chi connectivity index (χ1) is 40.8. The maximum Gasteiger partial charge on any atom is 0.496 e. The summed E-state index contributed by atoms with van der Waals surface area (Å²) in [5, 5.41) is 24.7. The number of aryl methyl sites for hydroxylation is 2. The lowest BCUT2D eigenvalue weighted by molar-refractivity contribution is -0.116. The second-order valence-corrected chi connectivity index (χ2v) is 25.8. The molecule has 2 amide bonds. The molecule has 0 spiro atoms. The van der Waals surface area contributed by atoms with Crippen LogP contribution in [0.1, 0.15) is 153 Å². The van der Waals surface area contributed by atoms with Gasteiger partial charge in [0.05, 0.1) is 74.5 Å². The predicted molar refractivity (Wildman–Crippen MR) is 343 cm³/mol. The molecule has 3 fully saturated rings. The molecule has 0 radical (unpaired) electrons. The molecule has 1 heterocycles. The van der Waals surface area contributed by atoms with Crippen molar-refractivity contribution in [3.05, 3.63) is 170 Å². The number of carbonyl (C=O) groups excluding carboxylic acids is 2. The van der Waals surface area contributed by atoms with E-state index >= 15 is 4.39 Å². The third-order valence-electron chi connectivity index (χ3n) is 16.4. The van der Waals surface area contributed by atoms with E-state index in [9.17, 15) is 28.0 Å². The van der Waals surface area contributed by atoms with Gasteiger partial charge in [0.15, 0.2) is 0 Å². The number of nitrogens with zero attached hydrogens (tertiary/aromatic N) is 4. The average molecular weight is 1240 g/mol. The van der Waals surface area contributed by atoms with Gasteiger partial charge in [0, 0.05) is 47.8 Å². The molecule has 16 heteroatoms. The minimum Gasteiger partial charge on any atom is -0.399 e. The molecule has 3 aliphatic rings. The van der Waals surface area contributed by atoms with Crippen molar-refractivity contribution in [3.8, 4) is 23.3 Å². The molecular weight excluding hydrogens is 1160 g/mol. The molecule has 2 saturated carbocycles. The normalized spacial score (nSPS) is 15.6. The molecule has 1 aliphatic heterocycles. The Balaban J connectivity index is 0.000000196. The van der Waals surface area contributed by atoms with E-state index in [0.29, 0.717) is 63.4 Å². The van der Waals surface area contributed by atoms with Gasteiger partial charge in [0.1, 0.15) is 23.3 Å². The van der Waals surface area contributed by atoms with Crippen LogP contribution in [-0.2, 0) is 31.7 Å². The van der Waals surface area contributed by atoms with Crippen LogP contribution in [0.5, 0.6) is 0 Å². The van der Waals surface area contributed by atoms with Crippen LogP contribution in [0.25, 0.3) is 11.1 Å². The van der Waals surface area contributed by atoms with Crippen LogP contribution in [0.2, 0.25) is 0 Å². The fourth-order valence-corrected chi connectivity index (χ4v) is 11.6. The van der Waals surface area contributed by atoms with E-state index in [4.69, 9.17) is 14.6 Å². The fourth-order valence-electron chi connectivity index (χ4n) is 11.3. The van der Waals surface area contributed by atoms with Gasteiger partial charge in [-0.3, -0.25) is 9.59 Å². The van der Waals surface area contributed by atoms with Crippen LogP contribution in [0, 0.1) is 71.6 Å². The van der Waals surface area contributed by atoms with E-state index in [0.717, 1.165) is 67.4 Å². The Labute approximate surface area is 515 Å². The average Bonchev–Trinajstić information content (AvgIpc) is 1.81. The number of rotatable bonds is 16. The first-order valence-corrected chi connectivity index (χ1v) is 31.0. The molecule has 0 aromatic heterocycles. The standard InChI is InChI=1S/C32H35F2N3O.C25H32BrFN2O.C13H15BFNO2/c1-21(2)20-37(26-7-5-4-6-8-26)31-18-29(34)28(27-16-25(33)14-13-24(27)19-35)17-30(31)36-32(38)15-23-11-9-22(3)10-12-23;1-17(2)16-29(20-7-5-4-6-8-20)24-15-22(27)21(26)14-23(24)28-25(30)13-19-11-9-18(3)10-12-19;1-12(2)13(3,4)18-14(17-12)11-7-10(15)6-5-9(11)8-16/h9-14,16-18,21,26H,4-8,15,20H2,1-3H3,(H,36,38);9-12,14-15,17,20H,4-8,13,16H2,1-3H3,(H,28,30);5-7H,1-4H3. The van der Waals surface area contributed by atoms with Crippen molar-refractivity contribution in [1.82, 2.24) is 0 Å². The van der Waals surface area contributed by atoms with Gasteiger partial charge in [-0.1, -0.05) is 126 Å². The Morgan fingerprint density at radius 2 is 1.00 bits per heavy atom. The van der Waals surface area contributed by atoms with Crippen LogP contribution in [0.4, 0.5) is 40.3 Å². The lowest BCUT2D eigenvalue weighted by Gasteiger charge is -2.38. The zero-order chi connectivity index (χ0) is 62.5. The quantitative estimate of drug-likeness (QED) is 0.0724. The summed E-state index contributed by atoms with van der Waals surface area (Å²) in [5.41, 5.74) is 6.90. The van der Waals surface area contributed by atoms with Crippen LogP contribution < -0.4 is 25.9 Å². The van der Waals surface area contributed by atoms with Gasteiger partial charge in [-0.2, -0.15) is 10.5 Å². The Bertz CT molecular complexity index is 3370. The van der Waals surface area contributed by atoms with Gasteiger partial charge in [0.2, 0.25) is 11.8 Å². The molecule has 0 bridgehead atoms. The summed E-state index contributed by atoms with van der Waals surface area (Å²) in [6, 6.07) is 34.4. The van der Waals surface area contributed by atoms with Crippen molar-refractivity contribution in [2.45, 2.75) is 170 Å². The molecule has 0 unspecified atom stereocenters. The van der Waals surface area contributed by atoms with Gasteiger partial charge in [-0.25, -0.2) is 17.6 Å². The molecule has 2 N–H and O–H groups in total. The van der Waals surface area contributed by atoms with Crippen LogP contribution in [0.15, 0.2) is 114 Å². The Morgan fingerprint density at radius 3 is 1.44 bits per heavy atom. The number of amides is 2. The van der Waals surface area contributed by atoms with Gasteiger partial charge < -0.3 is 29.7 Å². The zero-order valence-electron chi connectivity index (χ0n) is 51.5. The minimum atomic E-state index is -0.708. The highest BCUT2D eigenvalue weighted by Gasteiger charge is 2.52. The van der Waals surface area contributed by atoms with E-state index < -0.39 is 35.8 Å². The summed E-state index contributed by atoms with van der Waals surface area (Å²) in [5.74, 6) is -1.37. The molecule has 86 heavy (non-hydrogen) atoms. The van der Waals surface area contributed by atoms with Crippen LogP contribution in [0.3, 0.4) is 0 Å². The predicted octanol–water partition coefficient (Wildman–Crippen LogP) is 16.7. The molecule has 6 aromatic rings. The van der Waals surface area contributed by atoms with Crippen molar-refractivity contribution in [1.29, 1.82) is 10.5 Å². The van der Waals surface area contributed by atoms with Crippen molar-refractivity contribution >= 4 is 63.1 Å². The van der Waals surface area contributed by atoms with E-state index in [1.807, 2.05) is 102 Å². The zero-order valence-corrected chi connectivity index (χ0v) is 53.1. The maximum absolute atomic E-state index is 15.8. The van der Waals surface area contributed by atoms with Crippen molar-refractivity contribution in [2.75, 3.05) is 33.5 Å².